The highest BCUT2D eigenvalue weighted by Gasteiger charge is 2.10. The van der Waals surface area contributed by atoms with Crippen LogP contribution in [0.4, 0.5) is 0 Å². The molecule has 0 saturated carbocycles. The Morgan fingerprint density at radius 1 is 1.21 bits per heavy atom. The topological polar surface area (TPSA) is 59.6 Å². The molecule has 5 nitrogen and oxygen atoms in total. The minimum Gasteiger partial charge on any atom is -0.493 e. The van der Waals surface area contributed by atoms with Crippen LogP contribution in [0.5, 0.6) is 5.75 Å². The summed E-state index contributed by atoms with van der Waals surface area (Å²) in [6, 6.07) is 7.25. The summed E-state index contributed by atoms with van der Waals surface area (Å²) in [6.45, 7) is 5.18. The minimum atomic E-state index is -0.113. The lowest BCUT2D eigenvalue weighted by Gasteiger charge is -2.10. The molecule has 0 aliphatic rings. The van der Waals surface area contributed by atoms with Gasteiger partial charge in [-0.1, -0.05) is 12.1 Å². The van der Waals surface area contributed by atoms with E-state index in [0.29, 0.717) is 37.6 Å². The summed E-state index contributed by atoms with van der Waals surface area (Å²) in [7, 11) is 1.66. The molecular weight excluding hydrogens is 244 g/mol. The number of benzene rings is 1. The maximum absolute atomic E-state index is 12.0. The molecule has 1 aromatic rings. The van der Waals surface area contributed by atoms with Crippen LogP contribution in [0.3, 0.4) is 0 Å². The van der Waals surface area contributed by atoms with Gasteiger partial charge in [-0.05, 0) is 19.1 Å². The van der Waals surface area contributed by atoms with Crippen molar-refractivity contribution in [3.63, 3.8) is 0 Å². The van der Waals surface area contributed by atoms with E-state index in [4.69, 9.17) is 9.47 Å². The first-order valence-corrected chi connectivity index (χ1v) is 6.49. The van der Waals surface area contributed by atoms with Crippen molar-refractivity contribution in [2.45, 2.75) is 6.92 Å². The number of hydrogen-bond donors (Lipinski definition) is 2. The van der Waals surface area contributed by atoms with E-state index in [0.717, 1.165) is 6.54 Å². The largest absolute Gasteiger partial charge is 0.493 e. The van der Waals surface area contributed by atoms with Crippen LogP contribution < -0.4 is 15.4 Å². The highest BCUT2D eigenvalue weighted by molar-refractivity contribution is 5.96. The number of carbonyl (C=O) groups is 1. The molecule has 0 aliphatic heterocycles. The maximum Gasteiger partial charge on any atom is 0.255 e. The number of rotatable bonds is 9. The minimum absolute atomic E-state index is 0.113. The molecule has 0 atom stereocenters. The van der Waals surface area contributed by atoms with Crippen LogP contribution in [0, 0.1) is 0 Å². The average molecular weight is 266 g/mol. The van der Waals surface area contributed by atoms with Gasteiger partial charge in [0.25, 0.3) is 5.91 Å². The number of para-hydroxylation sites is 1. The summed E-state index contributed by atoms with van der Waals surface area (Å²) in [5, 5.41) is 6.01. The van der Waals surface area contributed by atoms with Crippen molar-refractivity contribution in [2.24, 2.45) is 0 Å². The molecule has 0 unspecified atom stereocenters. The van der Waals surface area contributed by atoms with Gasteiger partial charge in [-0.15, -0.1) is 0 Å². The van der Waals surface area contributed by atoms with Crippen LogP contribution in [-0.2, 0) is 4.74 Å². The average Bonchev–Trinajstić information content (AvgIpc) is 2.43. The molecule has 1 aromatic carbocycles. The molecule has 0 bridgehead atoms. The molecule has 19 heavy (non-hydrogen) atoms. The predicted molar refractivity (Wildman–Crippen MR) is 74.7 cm³/mol. The van der Waals surface area contributed by atoms with Crippen molar-refractivity contribution in [1.82, 2.24) is 10.6 Å². The van der Waals surface area contributed by atoms with Crippen LogP contribution in [0.2, 0.25) is 0 Å². The molecule has 0 radical (unpaired) electrons. The summed E-state index contributed by atoms with van der Waals surface area (Å²) in [5.74, 6) is 0.507. The fourth-order valence-electron chi connectivity index (χ4n) is 1.59. The number of nitrogens with one attached hydrogen (secondary N) is 2. The summed E-state index contributed by atoms with van der Waals surface area (Å²) in [5.41, 5.74) is 0.571. The van der Waals surface area contributed by atoms with E-state index >= 15 is 0 Å². The highest BCUT2D eigenvalue weighted by atomic mass is 16.5. The van der Waals surface area contributed by atoms with Crippen molar-refractivity contribution in [3.8, 4) is 5.75 Å². The number of hydrogen-bond acceptors (Lipinski definition) is 4. The zero-order valence-corrected chi connectivity index (χ0v) is 11.6. The molecule has 0 fully saturated rings. The smallest absolute Gasteiger partial charge is 0.255 e. The van der Waals surface area contributed by atoms with Crippen LogP contribution in [0.15, 0.2) is 24.3 Å². The van der Waals surface area contributed by atoms with Gasteiger partial charge in [0.15, 0.2) is 0 Å². The van der Waals surface area contributed by atoms with E-state index < -0.39 is 0 Å². The maximum atomic E-state index is 12.0. The fourth-order valence-corrected chi connectivity index (χ4v) is 1.59. The van der Waals surface area contributed by atoms with Gasteiger partial charge in [-0.3, -0.25) is 4.79 Å². The zero-order valence-electron chi connectivity index (χ0n) is 11.6. The number of methoxy groups -OCH3 is 1. The summed E-state index contributed by atoms with van der Waals surface area (Å²) in [6.07, 6.45) is 0. The first-order valence-electron chi connectivity index (χ1n) is 6.49. The number of carbonyl (C=O) groups excluding carboxylic acids is 1. The van der Waals surface area contributed by atoms with E-state index in [-0.39, 0.29) is 5.91 Å². The van der Waals surface area contributed by atoms with Crippen molar-refractivity contribution in [3.05, 3.63) is 29.8 Å². The molecule has 0 heterocycles. The lowest BCUT2D eigenvalue weighted by atomic mass is 10.2. The second kappa shape index (κ2) is 9.35. The molecular formula is C14H22N2O3. The second-order valence-corrected chi connectivity index (χ2v) is 3.93. The van der Waals surface area contributed by atoms with Gasteiger partial charge in [0.05, 0.1) is 18.8 Å². The van der Waals surface area contributed by atoms with Gasteiger partial charge in [-0.25, -0.2) is 0 Å². The van der Waals surface area contributed by atoms with Crippen molar-refractivity contribution in [2.75, 3.05) is 40.0 Å². The summed E-state index contributed by atoms with van der Waals surface area (Å²) < 4.78 is 10.3. The third-order valence-electron chi connectivity index (χ3n) is 2.50. The third-order valence-corrected chi connectivity index (χ3v) is 2.50. The van der Waals surface area contributed by atoms with Gasteiger partial charge in [0.1, 0.15) is 5.75 Å². The Hall–Kier alpha value is -1.59. The van der Waals surface area contributed by atoms with E-state index in [9.17, 15) is 4.79 Å². The first-order chi connectivity index (χ1) is 9.29. The predicted octanol–water partition coefficient (Wildman–Crippen LogP) is 1.05. The third kappa shape index (κ3) is 5.72. The lowest BCUT2D eigenvalue weighted by Crippen LogP contribution is -2.33. The Morgan fingerprint density at radius 2 is 2.00 bits per heavy atom. The van der Waals surface area contributed by atoms with Gasteiger partial charge in [0.2, 0.25) is 0 Å². The van der Waals surface area contributed by atoms with Crippen molar-refractivity contribution in [1.29, 1.82) is 0 Å². The monoisotopic (exact) mass is 266 g/mol. The van der Waals surface area contributed by atoms with Crippen LogP contribution in [-0.4, -0.2) is 45.9 Å². The molecule has 1 rings (SSSR count). The van der Waals surface area contributed by atoms with Crippen molar-refractivity contribution >= 4 is 5.91 Å². The quantitative estimate of drug-likeness (QED) is 0.656. The fraction of sp³-hybridized carbons (Fsp3) is 0.500. The molecule has 0 aliphatic carbocycles. The normalized spacial score (nSPS) is 10.2. The Balaban J connectivity index is 2.36. The van der Waals surface area contributed by atoms with Crippen LogP contribution in [0.25, 0.3) is 0 Å². The Labute approximate surface area is 114 Å². The Bertz CT molecular complexity index is 383. The van der Waals surface area contributed by atoms with E-state index in [1.807, 2.05) is 19.1 Å². The Kier molecular flexibility index (Phi) is 7.62. The van der Waals surface area contributed by atoms with E-state index in [1.165, 1.54) is 0 Å². The second-order valence-electron chi connectivity index (χ2n) is 3.93. The molecule has 1 amide bonds. The molecule has 106 valence electrons. The standard InChI is InChI=1S/C14H22N2O3/c1-3-19-13-7-5-4-6-12(13)14(17)16-9-8-15-10-11-18-2/h4-7,15H,3,8-11H2,1-2H3,(H,16,17). The zero-order chi connectivity index (χ0) is 13.9. The molecule has 0 aromatic heterocycles. The van der Waals surface area contributed by atoms with Crippen molar-refractivity contribution < 1.29 is 14.3 Å². The highest BCUT2D eigenvalue weighted by Crippen LogP contribution is 2.17. The molecule has 0 spiro atoms. The van der Waals surface area contributed by atoms with E-state index in [2.05, 4.69) is 10.6 Å². The van der Waals surface area contributed by atoms with Gasteiger partial charge in [-0.2, -0.15) is 0 Å². The number of ether oxygens (including phenoxy) is 2. The van der Waals surface area contributed by atoms with Crippen LogP contribution >= 0.6 is 0 Å². The van der Waals surface area contributed by atoms with Gasteiger partial charge >= 0.3 is 0 Å². The Morgan fingerprint density at radius 3 is 2.74 bits per heavy atom. The van der Waals surface area contributed by atoms with Crippen LogP contribution in [0.1, 0.15) is 17.3 Å². The van der Waals surface area contributed by atoms with E-state index in [1.54, 1.807) is 19.2 Å². The van der Waals surface area contributed by atoms with Gasteiger partial charge in [0, 0.05) is 26.7 Å². The molecule has 5 heteroatoms. The lowest BCUT2D eigenvalue weighted by molar-refractivity contribution is 0.0950. The SMILES string of the molecule is CCOc1ccccc1C(=O)NCCNCCOC. The first kappa shape index (κ1) is 15.5. The summed E-state index contributed by atoms with van der Waals surface area (Å²) in [4.78, 5) is 12.0. The summed E-state index contributed by atoms with van der Waals surface area (Å²) >= 11 is 0. The molecule has 0 saturated heterocycles. The number of amides is 1. The van der Waals surface area contributed by atoms with Gasteiger partial charge < -0.3 is 20.1 Å². The molecule has 2 N–H and O–H groups in total.